The molecule has 0 aromatic carbocycles. The smallest absolute Gasteiger partial charge is 0.0426 e. The fourth-order valence-corrected chi connectivity index (χ4v) is 1.33. The summed E-state index contributed by atoms with van der Waals surface area (Å²) in [5.74, 6) is 0. The van der Waals surface area contributed by atoms with Gasteiger partial charge in [0.05, 0.1) is 0 Å². The molecular weight excluding hydrogens is 202 g/mol. The lowest BCUT2D eigenvalue weighted by molar-refractivity contribution is 0.950. The van der Waals surface area contributed by atoms with Crippen LogP contribution in [0.15, 0.2) is 28.3 Å². The number of hydrogen-bond donors (Lipinski definition) is 0. The Morgan fingerprint density at radius 2 is 2.45 bits per heavy atom. The summed E-state index contributed by atoms with van der Waals surface area (Å²) in [4.78, 5) is 4.22. The predicted octanol–water partition coefficient (Wildman–Crippen LogP) is 2.73. The van der Waals surface area contributed by atoms with Gasteiger partial charge in [-0.2, -0.15) is 0 Å². The van der Waals surface area contributed by atoms with E-state index in [9.17, 15) is 0 Å². The van der Waals surface area contributed by atoms with Crippen molar-refractivity contribution in [2.75, 3.05) is 11.9 Å². The van der Waals surface area contributed by atoms with E-state index in [2.05, 4.69) is 40.0 Å². The molecule has 2 heteroatoms. The molecule has 0 aliphatic carbocycles. The zero-order chi connectivity index (χ0) is 8.10. The SMILES string of the molecule is C/C1=C/C(CBr)=C\C=N\CC1. The highest BCUT2D eigenvalue weighted by Crippen LogP contribution is 2.09. The number of allylic oxidation sites excluding steroid dienone is 3. The molecule has 0 bridgehead atoms. The molecule has 1 nitrogen and oxygen atoms in total. The van der Waals surface area contributed by atoms with E-state index < -0.39 is 0 Å². The molecule has 0 aromatic rings. The van der Waals surface area contributed by atoms with E-state index in [1.807, 2.05) is 6.21 Å². The van der Waals surface area contributed by atoms with Crippen molar-refractivity contribution in [1.29, 1.82) is 0 Å². The van der Waals surface area contributed by atoms with Crippen LogP contribution in [0.2, 0.25) is 0 Å². The van der Waals surface area contributed by atoms with Gasteiger partial charge in [0.25, 0.3) is 0 Å². The van der Waals surface area contributed by atoms with Crippen LogP contribution >= 0.6 is 15.9 Å². The first kappa shape index (κ1) is 8.72. The summed E-state index contributed by atoms with van der Waals surface area (Å²) >= 11 is 3.42. The minimum atomic E-state index is 0.913. The molecule has 0 N–H and O–H groups in total. The van der Waals surface area contributed by atoms with Gasteiger partial charge in [0, 0.05) is 18.1 Å². The lowest BCUT2D eigenvalue weighted by Gasteiger charge is -2.02. The maximum absolute atomic E-state index is 4.22. The lowest BCUT2D eigenvalue weighted by Crippen LogP contribution is -1.91. The molecule has 1 heterocycles. The van der Waals surface area contributed by atoms with Gasteiger partial charge in [-0.05, 0) is 25.0 Å². The van der Waals surface area contributed by atoms with Crippen LogP contribution in [0.1, 0.15) is 13.3 Å². The quantitative estimate of drug-likeness (QED) is 0.595. The first-order valence-corrected chi connectivity index (χ1v) is 4.87. The van der Waals surface area contributed by atoms with Gasteiger partial charge in [0.1, 0.15) is 0 Å². The molecule has 0 aromatic heterocycles. The number of hydrogen-bond acceptors (Lipinski definition) is 1. The van der Waals surface area contributed by atoms with Crippen molar-refractivity contribution < 1.29 is 0 Å². The number of rotatable bonds is 1. The Morgan fingerprint density at radius 1 is 1.64 bits per heavy atom. The van der Waals surface area contributed by atoms with E-state index in [-0.39, 0.29) is 0 Å². The van der Waals surface area contributed by atoms with Gasteiger partial charge >= 0.3 is 0 Å². The second kappa shape index (κ2) is 4.50. The van der Waals surface area contributed by atoms with E-state index in [1.54, 1.807) is 0 Å². The summed E-state index contributed by atoms with van der Waals surface area (Å²) in [5, 5.41) is 0.913. The maximum Gasteiger partial charge on any atom is 0.0426 e. The Labute approximate surface area is 76.0 Å². The molecule has 0 saturated carbocycles. The summed E-state index contributed by atoms with van der Waals surface area (Å²) in [7, 11) is 0. The summed E-state index contributed by atoms with van der Waals surface area (Å²) in [6.07, 6.45) is 7.25. The average molecular weight is 214 g/mol. The molecule has 0 radical (unpaired) electrons. The van der Waals surface area contributed by atoms with Gasteiger partial charge in [0.2, 0.25) is 0 Å². The number of halogens is 1. The van der Waals surface area contributed by atoms with E-state index in [0.29, 0.717) is 0 Å². The first-order chi connectivity index (χ1) is 5.33. The molecule has 0 atom stereocenters. The Morgan fingerprint density at radius 3 is 3.18 bits per heavy atom. The molecular formula is C9H12BrN. The molecule has 1 rings (SSSR count). The Balaban J connectivity index is 2.77. The van der Waals surface area contributed by atoms with Gasteiger partial charge in [-0.3, -0.25) is 4.99 Å². The third-order valence-corrected chi connectivity index (χ3v) is 2.26. The average Bonchev–Trinajstić information content (AvgIpc) is 1.96. The van der Waals surface area contributed by atoms with E-state index in [1.165, 1.54) is 11.1 Å². The second-order valence-electron chi connectivity index (χ2n) is 2.67. The third kappa shape index (κ3) is 3.02. The van der Waals surface area contributed by atoms with E-state index in [4.69, 9.17) is 0 Å². The third-order valence-electron chi connectivity index (χ3n) is 1.62. The Hall–Kier alpha value is -0.370. The molecule has 0 fully saturated rings. The normalized spacial score (nSPS) is 30.7. The number of alkyl halides is 1. The summed E-state index contributed by atoms with van der Waals surface area (Å²) < 4.78 is 0. The number of nitrogens with zero attached hydrogens (tertiary/aromatic N) is 1. The molecule has 0 amide bonds. The predicted molar refractivity (Wildman–Crippen MR) is 53.6 cm³/mol. The molecule has 0 spiro atoms. The zero-order valence-corrected chi connectivity index (χ0v) is 8.26. The lowest BCUT2D eigenvalue weighted by atomic mass is 10.1. The molecule has 1 aliphatic rings. The van der Waals surface area contributed by atoms with Crippen LogP contribution in [0.3, 0.4) is 0 Å². The van der Waals surface area contributed by atoms with Crippen LogP contribution in [-0.4, -0.2) is 18.1 Å². The van der Waals surface area contributed by atoms with Crippen molar-refractivity contribution in [3.05, 3.63) is 23.3 Å². The molecule has 60 valence electrons. The van der Waals surface area contributed by atoms with Crippen LogP contribution in [0.5, 0.6) is 0 Å². The minimum absolute atomic E-state index is 0.913. The zero-order valence-electron chi connectivity index (χ0n) is 6.68. The highest BCUT2D eigenvalue weighted by Gasteiger charge is 1.94. The van der Waals surface area contributed by atoms with E-state index >= 15 is 0 Å². The van der Waals surface area contributed by atoms with Crippen molar-refractivity contribution in [1.82, 2.24) is 0 Å². The molecule has 0 saturated heterocycles. The monoisotopic (exact) mass is 213 g/mol. The topological polar surface area (TPSA) is 12.4 Å². The fraction of sp³-hybridized carbons (Fsp3) is 0.444. The van der Waals surface area contributed by atoms with Crippen LogP contribution < -0.4 is 0 Å². The van der Waals surface area contributed by atoms with Crippen LogP contribution in [0, 0.1) is 0 Å². The van der Waals surface area contributed by atoms with Gasteiger partial charge in [-0.1, -0.05) is 27.6 Å². The van der Waals surface area contributed by atoms with Crippen molar-refractivity contribution in [2.24, 2.45) is 4.99 Å². The first-order valence-electron chi connectivity index (χ1n) is 3.75. The van der Waals surface area contributed by atoms with Gasteiger partial charge in [-0.15, -0.1) is 0 Å². The standard InChI is InChI=1S/C9H12BrN/c1-8-2-4-11-5-3-9(6-8)7-10/h3,5-6H,2,4,7H2,1H3/b8-6-,9-3+,11-5+. The Kier molecular flexibility index (Phi) is 3.57. The highest BCUT2D eigenvalue weighted by molar-refractivity contribution is 9.09. The summed E-state index contributed by atoms with van der Waals surface area (Å²) in [5.41, 5.74) is 2.71. The van der Waals surface area contributed by atoms with Crippen molar-refractivity contribution in [2.45, 2.75) is 13.3 Å². The highest BCUT2D eigenvalue weighted by atomic mass is 79.9. The van der Waals surface area contributed by atoms with Crippen molar-refractivity contribution in [3.63, 3.8) is 0 Å². The van der Waals surface area contributed by atoms with Gasteiger partial charge in [0.15, 0.2) is 0 Å². The molecule has 1 aliphatic heterocycles. The maximum atomic E-state index is 4.22. The largest absolute Gasteiger partial charge is 0.293 e. The molecule has 0 unspecified atom stereocenters. The van der Waals surface area contributed by atoms with Crippen LogP contribution in [0.25, 0.3) is 0 Å². The van der Waals surface area contributed by atoms with Crippen LogP contribution in [-0.2, 0) is 0 Å². The van der Waals surface area contributed by atoms with Crippen LogP contribution in [0.4, 0.5) is 0 Å². The second-order valence-corrected chi connectivity index (χ2v) is 3.23. The number of aliphatic imine (C=N–C) groups is 1. The fourth-order valence-electron chi connectivity index (χ4n) is 0.984. The summed E-state index contributed by atoms with van der Waals surface area (Å²) in [6, 6.07) is 0. The van der Waals surface area contributed by atoms with Gasteiger partial charge < -0.3 is 0 Å². The van der Waals surface area contributed by atoms with Crippen molar-refractivity contribution >= 4 is 22.1 Å². The van der Waals surface area contributed by atoms with E-state index in [0.717, 1.165) is 18.3 Å². The Bertz CT molecular complexity index is 211. The van der Waals surface area contributed by atoms with Crippen molar-refractivity contribution in [3.8, 4) is 0 Å². The van der Waals surface area contributed by atoms with Gasteiger partial charge in [-0.25, -0.2) is 0 Å². The summed E-state index contributed by atoms with van der Waals surface area (Å²) in [6.45, 7) is 3.08. The minimum Gasteiger partial charge on any atom is -0.293 e. The molecule has 11 heavy (non-hydrogen) atoms.